The summed E-state index contributed by atoms with van der Waals surface area (Å²) in [6.07, 6.45) is -1.73. The molecule has 1 aromatic heterocycles. The lowest BCUT2D eigenvalue weighted by atomic mass is 9.63. The summed E-state index contributed by atoms with van der Waals surface area (Å²) >= 11 is 0. The smallest absolute Gasteiger partial charge is 0.273 e. The number of nitrogens with zero attached hydrogens (tertiary/aromatic N) is 3. The predicted molar refractivity (Wildman–Crippen MR) is 98.0 cm³/mol. The molecule has 2 rings (SSSR count). The van der Waals surface area contributed by atoms with Gasteiger partial charge >= 0.3 is 6.18 Å². The number of alkyl halides is 3. The van der Waals surface area contributed by atoms with Crippen LogP contribution in [0.2, 0.25) is 0 Å². The van der Waals surface area contributed by atoms with Gasteiger partial charge in [-0.25, -0.2) is 4.98 Å². The van der Waals surface area contributed by atoms with E-state index in [1.54, 1.807) is 0 Å². The van der Waals surface area contributed by atoms with E-state index in [0.29, 0.717) is 5.56 Å². The minimum Gasteiger partial charge on any atom is -0.273 e. The van der Waals surface area contributed by atoms with Gasteiger partial charge in [0.2, 0.25) is 0 Å². The number of halogens is 3. The minimum atomic E-state index is -4.49. The van der Waals surface area contributed by atoms with Crippen molar-refractivity contribution in [3.63, 3.8) is 0 Å². The lowest BCUT2D eigenvalue weighted by Gasteiger charge is -2.48. The predicted octanol–water partition coefficient (Wildman–Crippen LogP) is 3.65. The summed E-state index contributed by atoms with van der Waals surface area (Å²) in [5.74, 6) is -0.298. The molecule has 0 aliphatic heterocycles. The van der Waals surface area contributed by atoms with E-state index in [1.165, 1.54) is 43.3 Å². The average Bonchev–Trinajstić information content (AvgIpc) is 3.11. The first-order valence-electron chi connectivity index (χ1n) is 8.60. The fourth-order valence-corrected chi connectivity index (χ4v) is 5.08. The molecule has 2 aromatic rings. The van der Waals surface area contributed by atoms with Crippen LogP contribution in [0, 0.1) is 5.92 Å². The largest absolute Gasteiger partial charge is 0.416 e. The molecule has 0 saturated carbocycles. The molecule has 6 nitrogen and oxygen atoms in total. The van der Waals surface area contributed by atoms with E-state index >= 15 is 0 Å². The van der Waals surface area contributed by atoms with Crippen LogP contribution in [0.5, 0.6) is 0 Å². The average molecular weight is 419 g/mol. The van der Waals surface area contributed by atoms with Crippen molar-refractivity contribution in [3.05, 3.63) is 48.0 Å². The van der Waals surface area contributed by atoms with Crippen molar-refractivity contribution >= 4 is 10.1 Å². The van der Waals surface area contributed by atoms with Crippen LogP contribution in [0.15, 0.2) is 36.9 Å². The molecule has 10 heteroatoms. The van der Waals surface area contributed by atoms with Crippen LogP contribution in [0.4, 0.5) is 13.2 Å². The van der Waals surface area contributed by atoms with E-state index in [9.17, 15) is 21.6 Å². The minimum absolute atomic E-state index is 0.0889. The Morgan fingerprint density at radius 3 is 2.04 bits per heavy atom. The Kier molecular flexibility index (Phi) is 5.96. The number of rotatable bonds is 7. The summed E-state index contributed by atoms with van der Waals surface area (Å²) in [4.78, 5) is 3.89. The van der Waals surface area contributed by atoms with E-state index in [2.05, 4.69) is 10.1 Å². The van der Waals surface area contributed by atoms with Crippen molar-refractivity contribution in [2.75, 3.05) is 7.11 Å². The van der Waals surface area contributed by atoms with Crippen molar-refractivity contribution in [1.82, 2.24) is 14.8 Å². The van der Waals surface area contributed by atoms with Gasteiger partial charge in [-0.05, 0) is 37.5 Å². The van der Waals surface area contributed by atoms with Crippen molar-refractivity contribution in [3.8, 4) is 0 Å². The fraction of sp³-hybridized carbons (Fsp3) is 0.556. The molecule has 0 N–H and O–H groups in total. The molecule has 0 amide bonds. The Morgan fingerprint density at radius 1 is 1.11 bits per heavy atom. The molecule has 0 fully saturated rings. The first-order chi connectivity index (χ1) is 12.8. The van der Waals surface area contributed by atoms with Crippen LogP contribution < -0.4 is 0 Å². The van der Waals surface area contributed by atoms with Crippen LogP contribution in [-0.2, 0) is 32.4 Å². The van der Waals surface area contributed by atoms with E-state index in [4.69, 9.17) is 4.18 Å². The van der Waals surface area contributed by atoms with Crippen molar-refractivity contribution in [2.24, 2.45) is 5.92 Å². The number of hydrogen-bond donors (Lipinski definition) is 0. The van der Waals surface area contributed by atoms with Gasteiger partial charge in [-0.1, -0.05) is 26.0 Å². The monoisotopic (exact) mass is 419 g/mol. The third kappa shape index (κ3) is 3.67. The van der Waals surface area contributed by atoms with Crippen LogP contribution >= 0.6 is 0 Å². The lowest BCUT2D eigenvalue weighted by Crippen LogP contribution is -2.58. The molecule has 0 radical (unpaired) electrons. The highest BCUT2D eigenvalue weighted by Crippen LogP contribution is 2.48. The van der Waals surface area contributed by atoms with Gasteiger partial charge in [0, 0.05) is 5.41 Å². The normalized spacial score (nSPS) is 15.6. The third-order valence-corrected chi connectivity index (χ3v) is 7.56. The third-order valence-electron chi connectivity index (χ3n) is 5.51. The maximum absolute atomic E-state index is 13.0. The number of benzene rings is 1. The molecule has 1 unspecified atom stereocenters. The van der Waals surface area contributed by atoms with Gasteiger partial charge in [0.15, 0.2) is 0 Å². The standard InChI is InChI=1S/C18H24F3N3O3S/c1-13(2)17(10-24-12-22-11-23-24,16(3,4)28(25,26)27-5)14-6-8-15(9-7-14)18(19,20)21/h6-9,11-13H,10H2,1-5H3. The molecular formula is C18H24F3N3O3S. The van der Waals surface area contributed by atoms with Gasteiger partial charge < -0.3 is 0 Å². The molecule has 28 heavy (non-hydrogen) atoms. The van der Waals surface area contributed by atoms with E-state index in [0.717, 1.165) is 19.2 Å². The Bertz CT molecular complexity index is 892. The molecule has 1 heterocycles. The number of hydrogen-bond acceptors (Lipinski definition) is 5. The van der Waals surface area contributed by atoms with Crippen molar-refractivity contribution in [1.29, 1.82) is 0 Å². The molecule has 156 valence electrons. The second kappa shape index (κ2) is 7.47. The Balaban J connectivity index is 2.77. The molecule has 0 spiro atoms. The Labute approximate surface area is 162 Å². The molecule has 1 atom stereocenters. The molecule has 0 aliphatic rings. The topological polar surface area (TPSA) is 74.1 Å². The Hall–Kier alpha value is -1.94. The zero-order valence-electron chi connectivity index (χ0n) is 16.4. The van der Waals surface area contributed by atoms with E-state index in [-0.39, 0.29) is 12.5 Å². The molecule has 0 aliphatic carbocycles. The van der Waals surface area contributed by atoms with Gasteiger partial charge in [0.25, 0.3) is 10.1 Å². The van der Waals surface area contributed by atoms with Gasteiger partial charge in [0.1, 0.15) is 17.4 Å². The van der Waals surface area contributed by atoms with E-state index < -0.39 is 32.0 Å². The summed E-state index contributed by atoms with van der Waals surface area (Å²) in [6, 6.07) is 4.58. The first-order valence-corrected chi connectivity index (χ1v) is 10.0. The highest BCUT2D eigenvalue weighted by atomic mass is 32.2. The van der Waals surface area contributed by atoms with Crippen LogP contribution in [0.25, 0.3) is 0 Å². The van der Waals surface area contributed by atoms with Crippen molar-refractivity contribution < 1.29 is 25.8 Å². The second-order valence-electron chi connectivity index (χ2n) is 7.43. The highest BCUT2D eigenvalue weighted by Gasteiger charge is 2.57. The maximum Gasteiger partial charge on any atom is 0.416 e. The summed E-state index contributed by atoms with van der Waals surface area (Å²) in [5, 5.41) is 4.08. The summed E-state index contributed by atoms with van der Waals surface area (Å²) in [5.41, 5.74) is -1.52. The molecule has 0 bridgehead atoms. The van der Waals surface area contributed by atoms with Gasteiger partial charge in [-0.3, -0.25) is 8.86 Å². The molecule has 1 aromatic carbocycles. The second-order valence-corrected chi connectivity index (χ2v) is 9.69. The van der Waals surface area contributed by atoms with E-state index in [1.807, 2.05) is 13.8 Å². The van der Waals surface area contributed by atoms with Crippen LogP contribution in [0.1, 0.15) is 38.8 Å². The van der Waals surface area contributed by atoms with Crippen molar-refractivity contribution in [2.45, 2.75) is 50.6 Å². The summed E-state index contributed by atoms with van der Waals surface area (Å²) < 4.78 is 69.6. The van der Waals surface area contributed by atoms with Crippen LogP contribution in [-0.4, -0.2) is 35.0 Å². The fourth-order valence-electron chi connectivity index (χ4n) is 3.80. The quantitative estimate of drug-likeness (QED) is 0.641. The summed E-state index contributed by atoms with van der Waals surface area (Å²) in [6.45, 7) is 6.76. The van der Waals surface area contributed by atoms with Gasteiger partial charge in [-0.2, -0.15) is 26.7 Å². The zero-order chi connectivity index (χ0) is 21.4. The SMILES string of the molecule is COS(=O)(=O)C(C)(C)C(Cn1cncn1)(c1ccc(C(F)(F)F)cc1)C(C)C. The van der Waals surface area contributed by atoms with Gasteiger partial charge in [0.05, 0.1) is 19.2 Å². The highest BCUT2D eigenvalue weighted by molar-refractivity contribution is 7.88. The summed E-state index contributed by atoms with van der Waals surface area (Å²) in [7, 11) is -3.00. The maximum atomic E-state index is 13.0. The lowest BCUT2D eigenvalue weighted by molar-refractivity contribution is -0.137. The van der Waals surface area contributed by atoms with Gasteiger partial charge in [-0.15, -0.1) is 0 Å². The first kappa shape index (κ1) is 22.4. The number of aromatic nitrogens is 3. The molecule has 0 saturated heterocycles. The zero-order valence-corrected chi connectivity index (χ0v) is 17.2. The Morgan fingerprint density at radius 2 is 1.64 bits per heavy atom. The van der Waals surface area contributed by atoms with Crippen LogP contribution in [0.3, 0.4) is 0 Å². The molecular weight excluding hydrogens is 395 g/mol.